The summed E-state index contributed by atoms with van der Waals surface area (Å²) in [6.45, 7) is 3.55. The Morgan fingerprint density at radius 2 is 0.825 bits per heavy atom. The molecule has 0 amide bonds. The zero-order valence-electron chi connectivity index (χ0n) is 23.0. The highest BCUT2D eigenvalue weighted by molar-refractivity contribution is 7.16. The summed E-state index contributed by atoms with van der Waals surface area (Å²) in [6.07, 6.45) is 0. The third-order valence-corrected chi connectivity index (χ3v) is 9.18. The van der Waals surface area contributed by atoms with E-state index in [1.807, 2.05) is 86.5 Å². The number of thiophene rings is 2. The molecule has 0 saturated heterocycles. The van der Waals surface area contributed by atoms with Gasteiger partial charge in [-0.25, -0.2) is 17.6 Å². The van der Waals surface area contributed by atoms with E-state index in [9.17, 15) is 8.78 Å². The van der Waals surface area contributed by atoms with Crippen LogP contribution in [0.2, 0.25) is 0 Å². The SMILES string of the molecule is Cc1sc(-c2ccc(N(C)C)cc2)cc1-c1c(F)c(F)c(F)c(F)c1-c1cc(-c2ccc(N(C)C)cc2)sc1C. The van der Waals surface area contributed by atoms with Crippen molar-refractivity contribution in [1.29, 1.82) is 0 Å². The third-order valence-electron chi connectivity index (χ3n) is 6.98. The first kappa shape index (κ1) is 27.9. The minimum Gasteiger partial charge on any atom is -0.378 e. The molecule has 0 spiro atoms. The number of nitrogens with zero attached hydrogens (tertiary/aromatic N) is 2. The number of anilines is 2. The number of halogens is 4. The highest BCUT2D eigenvalue weighted by atomic mass is 32.1. The monoisotopic (exact) mass is 580 g/mol. The van der Waals surface area contributed by atoms with Crippen molar-refractivity contribution >= 4 is 34.0 Å². The van der Waals surface area contributed by atoms with Crippen molar-refractivity contribution in [3.05, 3.63) is 93.7 Å². The molecule has 0 N–H and O–H groups in total. The molecular formula is C32H28F4N2S2. The van der Waals surface area contributed by atoms with Crippen molar-refractivity contribution in [3.8, 4) is 43.1 Å². The van der Waals surface area contributed by atoms with Crippen molar-refractivity contribution in [2.45, 2.75) is 13.8 Å². The van der Waals surface area contributed by atoms with Gasteiger partial charge in [0, 0.05) is 70.2 Å². The lowest BCUT2D eigenvalue weighted by molar-refractivity contribution is 0.412. The average molecular weight is 581 g/mol. The van der Waals surface area contributed by atoms with Crippen molar-refractivity contribution in [3.63, 3.8) is 0 Å². The van der Waals surface area contributed by atoms with Gasteiger partial charge < -0.3 is 9.80 Å². The molecule has 2 nitrogen and oxygen atoms in total. The molecule has 40 heavy (non-hydrogen) atoms. The molecule has 0 fully saturated rings. The minimum atomic E-state index is -1.81. The number of rotatable bonds is 6. The minimum absolute atomic E-state index is 0.267. The van der Waals surface area contributed by atoms with Gasteiger partial charge in [0.15, 0.2) is 23.3 Å². The van der Waals surface area contributed by atoms with E-state index in [4.69, 9.17) is 0 Å². The number of hydrogen-bond acceptors (Lipinski definition) is 4. The van der Waals surface area contributed by atoms with Crippen LogP contribution in [0, 0.1) is 37.1 Å². The highest BCUT2D eigenvalue weighted by Gasteiger charge is 2.30. The quantitative estimate of drug-likeness (QED) is 0.112. The number of hydrogen-bond donors (Lipinski definition) is 0. The molecular weight excluding hydrogens is 552 g/mol. The average Bonchev–Trinajstić information content (AvgIpc) is 3.51. The zero-order chi connectivity index (χ0) is 28.9. The molecule has 0 aliphatic carbocycles. The van der Waals surface area contributed by atoms with E-state index in [0.717, 1.165) is 32.3 Å². The normalized spacial score (nSPS) is 11.2. The summed E-state index contributed by atoms with van der Waals surface area (Å²) >= 11 is 2.79. The molecule has 0 aliphatic heterocycles. The van der Waals surface area contributed by atoms with Gasteiger partial charge in [0.25, 0.3) is 0 Å². The first-order valence-corrected chi connectivity index (χ1v) is 14.2. The van der Waals surface area contributed by atoms with Crippen LogP contribution < -0.4 is 9.80 Å². The lowest BCUT2D eigenvalue weighted by Gasteiger charge is -2.14. The van der Waals surface area contributed by atoms with Crippen LogP contribution in [0.25, 0.3) is 43.1 Å². The fourth-order valence-electron chi connectivity index (χ4n) is 4.73. The van der Waals surface area contributed by atoms with E-state index in [-0.39, 0.29) is 11.1 Å². The molecule has 3 aromatic carbocycles. The predicted molar refractivity (Wildman–Crippen MR) is 162 cm³/mol. The van der Waals surface area contributed by atoms with Crippen LogP contribution in [0.1, 0.15) is 9.75 Å². The van der Waals surface area contributed by atoms with Crippen LogP contribution in [0.15, 0.2) is 60.7 Å². The van der Waals surface area contributed by atoms with Gasteiger partial charge in [-0.1, -0.05) is 24.3 Å². The van der Waals surface area contributed by atoms with E-state index in [2.05, 4.69) is 0 Å². The second-order valence-corrected chi connectivity index (χ2v) is 12.6. The molecule has 8 heteroatoms. The van der Waals surface area contributed by atoms with E-state index >= 15 is 8.78 Å². The van der Waals surface area contributed by atoms with Gasteiger partial charge in [0.2, 0.25) is 0 Å². The van der Waals surface area contributed by atoms with Gasteiger partial charge in [0.05, 0.1) is 0 Å². The van der Waals surface area contributed by atoms with Gasteiger partial charge in [-0.2, -0.15) is 0 Å². The van der Waals surface area contributed by atoms with Crippen molar-refractivity contribution in [2.24, 2.45) is 0 Å². The van der Waals surface area contributed by atoms with Gasteiger partial charge in [-0.3, -0.25) is 0 Å². The maximum atomic E-state index is 15.6. The topological polar surface area (TPSA) is 6.48 Å². The Hall–Kier alpha value is -3.62. The Bertz CT molecular complexity index is 1570. The van der Waals surface area contributed by atoms with Gasteiger partial charge in [0.1, 0.15) is 0 Å². The van der Waals surface area contributed by atoms with Crippen LogP contribution in [-0.2, 0) is 0 Å². The third kappa shape index (κ3) is 4.90. The summed E-state index contributed by atoms with van der Waals surface area (Å²) in [6, 6.07) is 19.1. The molecule has 206 valence electrons. The maximum absolute atomic E-state index is 15.6. The molecule has 2 aromatic heterocycles. The maximum Gasteiger partial charge on any atom is 0.198 e. The Labute approximate surface area is 239 Å². The Morgan fingerprint density at radius 3 is 1.12 bits per heavy atom. The first-order valence-electron chi connectivity index (χ1n) is 12.6. The Balaban J connectivity index is 1.67. The number of benzene rings is 3. The van der Waals surface area contributed by atoms with E-state index in [0.29, 0.717) is 20.9 Å². The lowest BCUT2D eigenvalue weighted by Crippen LogP contribution is -2.07. The predicted octanol–water partition coefficient (Wildman–Crippen LogP) is 9.78. The summed E-state index contributed by atoms with van der Waals surface area (Å²) in [5, 5.41) is 0. The molecule has 5 aromatic rings. The van der Waals surface area contributed by atoms with Gasteiger partial charge >= 0.3 is 0 Å². The van der Waals surface area contributed by atoms with E-state index in [1.165, 1.54) is 22.7 Å². The Kier molecular flexibility index (Phi) is 7.50. The van der Waals surface area contributed by atoms with Crippen molar-refractivity contribution in [1.82, 2.24) is 0 Å². The van der Waals surface area contributed by atoms with Crippen LogP contribution in [0.3, 0.4) is 0 Å². The summed E-state index contributed by atoms with van der Waals surface area (Å²) in [4.78, 5) is 6.94. The summed E-state index contributed by atoms with van der Waals surface area (Å²) in [7, 11) is 7.78. The summed E-state index contributed by atoms with van der Waals surface area (Å²) < 4.78 is 60.6. The highest BCUT2D eigenvalue weighted by Crippen LogP contribution is 2.47. The smallest absolute Gasteiger partial charge is 0.198 e. The van der Waals surface area contributed by atoms with Crippen LogP contribution in [0.5, 0.6) is 0 Å². The molecule has 0 unspecified atom stereocenters. The second-order valence-electron chi connectivity index (χ2n) is 10.0. The van der Waals surface area contributed by atoms with Crippen LogP contribution >= 0.6 is 22.7 Å². The fraction of sp³-hybridized carbons (Fsp3) is 0.188. The van der Waals surface area contributed by atoms with E-state index < -0.39 is 23.3 Å². The van der Waals surface area contributed by atoms with Gasteiger partial charge in [-0.05, 0) is 72.5 Å². The Morgan fingerprint density at radius 1 is 0.500 bits per heavy atom. The fourth-order valence-corrected chi connectivity index (χ4v) is 6.79. The molecule has 0 bridgehead atoms. The molecule has 0 atom stereocenters. The summed E-state index contributed by atoms with van der Waals surface area (Å²) in [5.41, 5.74) is 3.97. The molecule has 0 aliphatic rings. The number of aryl methyl sites for hydroxylation is 2. The zero-order valence-corrected chi connectivity index (χ0v) is 24.6. The molecule has 5 rings (SSSR count). The van der Waals surface area contributed by atoms with E-state index in [1.54, 1.807) is 26.0 Å². The van der Waals surface area contributed by atoms with Crippen molar-refractivity contribution in [2.75, 3.05) is 38.0 Å². The molecule has 0 radical (unpaired) electrons. The standard InChI is InChI=1S/C32H28F4N2S2/c1-17-23(15-25(39-17)19-7-11-21(12-8-19)37(3)4)27-28(30(34)32(36)31(35)29(27)33)24-16-26(40-18(24)2)20-9-13-22(14-10-20)38(5)6/h7-16H,1-6H3. The van der Waals surface area contributed by atoms with Crippen molar-refractivity contribution < 1.29 is 17.6 Å². The van der Waals surface area contributed by atoms with Crippen LogP contribution in [-0.4, -0.2) is 28.2 Å². The van der Waals surface area contributed by atoms with Gasteiger partial charge in [-0.15, -0.1) is 22.7 Å². The first-order chi connectivity index (χ1) is 19.0. The second kappa shape index (κ2) is 10.7. The molecule has 0 saturated carbocycles. The summed E-state index contributed by atoms with van der Waals surface area (Å²) in [5.74, 6) is -6.42. The van der Waals surface area contributed by atoms with Crippen LogP contribution in [0.4, 0.5) is 28.9 Å². The lowest BCUT2D eigenvalue weighted by atomic mass is 9.92. The largest absolute Gasteiger partial charge is 0.378 e. The molecule has 2 heterocycles.